The molecule has 1 aromatic carbocycles. The van der Waals surface area contributed by atoms with Gasteiger partial charge in [0, 0.05) is 41.5 Å². The van der Waals surface area contributed by atoms with Crippen LogP contribution >= 0.6 is 11.6 Å². The number of hydrogen-bond acceptors (Lipinski definition) is 7. The van der Waals surface area contributed by atoms with Gasteiger partial charge in [-0.3, -0.25) is 14.6 Å². The zero-order valence-corrected chi connectivity index (χ0v) is 21.3. The summed E-state index contributed by atoms with van der Waals surface area (Å²) in [7, 11) is 1.84. The number of anilines is 1. The number of rotatable bonds is 5. The van der Waals surface area contributed by atoms with Gasteiger partial charge in [-0.1, -0.05) is 44.5 Å². The number of aryl methyl sites for hydroxylation is 1. The minimum atomic E-state index is -0.0729. The number of fused-ring (bicyclic) bond motifs is 1. The van der Waals surface area contributed by atoms with Crippen molar-refractivity contribution < 1.29 is 4.74 Å². The Hall–Kier alpha value is -4.04. The number of hydrogen-bond donors (Lipinski definition) is 1. The Morgan fingerprint density at radius 1 is 1.00 bits per heavy atom. The van der Waals surface area contributed by atoms with Crippen LogP contribution in [-0.4, -0.2) is 29.7 Å². The molecule has 0 saturated heterocycles. The summed E-state index contributed by atoms with van der Waals surface area (Å²) in [6.45, 7) is 6.57. The standard InChI is InChI=1S/C27H26ClN7O/c1-27(2,3)21-9-5-8-18(31-21)15-36-26-25(29)32-24(20-10-12-35(4)34-20)23(33-26)17-13-16-7-6-11-30-22(16)19(28)14-17/h5-14H,15H2,1-4H3,(H2,29,32). The molecular weight excluding hydrogens is 474 g/mol. The molecule has 0 aliphatic heterocycles. The third-order valence-corrected chi connectivity index (χ3v) is 6.00. The Balaban J connectivity index is 1.58. The molecule has 0 aliphatic carbocycles. The van der Waals surface area contributed by atoms with Crippen LogP contribution in [0.15, 0.2) is 60.9 Å². The maximum absolute atomic E-state index is 6.58. The van der Waals surface area contributed by atoms with Crippen LogP contribution < -0.4 is 10.5 Å². The van der Waals surface area contributed by atoms with E-state index in [9.17, 15) is 0 Å². The molecule has 0 amide bonds. The lowest BCUT2D eigenvalue weighted by Gasteiger charge is -2.18. The summed E-state index contributed by atoms with van der Waals surface area (Å²) in [5.41, 5.74) is 11.2. The average Bonchev–Trinajstić information content (AvgIpc) is 3.29. The van der Waals surface area contributed by atoms with Gasteiger partial charge >= 0.3 is 0 Å². The lowest BCUT2D eigenvalue weighted by atomic mass is 9.91. The van der Waals surface area contributed by atoms with E-state index >= 15 is 0 Å². The van der Waals surface area contributed by atoms with Crippen LogP contribution in [-0.2, 0) is 19.1 Å². The number of nitrogens with two attached hydrogens (primary N) is 1. The predicted octanol–water partition coefficient (Wildman–Crippen LogP) is 5.60. The fraction of sp³-hybridized carbons (Fsp3) is 0.222. The molecule has 182 valence electrons. The van der Waals surface area contributed by atoms with Crippen LogP contribution in [0.25, 0.3) is 33.5 Å². The Morgan fingerprint density at radius 3 is 2.58 bits per heavy atom. The quantitative estimate of drug-likeness (QED) is 0.335. The number of nitrogens with zero attached hydrogens (tertiary/aromatic N) is 6. The van der Waals surface area contributed by atoms with Crippen LogP contribution in [0, 0.1) is 0 Å². The monoisotopic (exact) mass is 499 g/mol. The topological polar surface area (TPSA) is 105 Å². The number of ether oxygens (including phenoxy) is 1. The highest BCUT2D eigenvalue weighted by Gasteiger charge is 2.20. The number of halogens is 1. The predicted molar refractivity (Wildman–Crippen MR) is 142 cm³/mol. The normalized spacial score (nSPS) is 11.7. The van der Waals surface area contributed by atoms with Crippen LogP contribution in [0.3, 0.4) is 0 Å². The van der Waals surface area contributed by atoms with Crippen LogP contribution in [0.5, 0.6) is 5.88 Å². The van der Waals surface area contributed by atoms with Crippen LogP contribution in [0.1, 0.15) is 32.2 Å². The van der Waals surface area contributed by atoms with Gasteiger partial charge < -0.3 is 10.5 Å². The van der Waals surface area contributed by atoms with Crippen LogP contribution in [0.2, 0.25) is 5.02 Å². The molecule has 0 spiro atoms. The van der Waals surface area contributed by atoms with Gasteiger partial charge in [0.2, 0.25) is 0 Å². The Bertz CT molecular complexity index is 1570. The van der Waals surface area contributed by atoms with Crippen molar-refractivity contribution in [3.05, 3.63) is 77.3 Å². The van der Waals surface area contributed by atoms with E-state index < -0.39 is 0 Å². The summed E-state index contributed by atoms with van der Waals surface area (Å²) in [4.78, 5) is 18.6. The smallest absolute Gasteiger partial charge is 0.258 e. The van der Waals surface area contributed by atoms with E-state index in [1.165, 1.54) is 0 Å². The Kier molecular flexibility index (Phi) is 6.05. The van der Waals surface area contributed by atoms with Crippen molar-refractivity contribution in [2.75, 3.05) is 5.73 Å². The van der Waals surface area contributed by atoms with Gasteiger partial charge in [-0.25, -0.2) is 9.97 Å². The maximum atomic E-state index is 6.58. The molecule has 0 atom stereocenters. The third-order valence-electron chi connectivity index (χ3n) is 5.71. The second-order valence-corrected chi connectivity index (χ2v) is 9.98. The molecule has 0 radical (unpaired) electrons. The number of nitrogen functional groups attached to an aromatic ring is 1. The van der Waals surface area contributed by atoms with Crippen molar-refractivity contribution in [1.82, 2.24) is 29.7 Å². The van der Waals surface area contributed by atoms with Crippen molar-refractivity contribution in [2.45, 2.75) is 32.8 Å². The fourth-order valence-electron chi connectivity index (χ4n) is 3.86. The fourth-order valence-corrected chi connectivity index (χ4v) is 4.14. The van der Waals surface area contributed by atoms with E-state index in [1.807, 2.05) is 61.8 Å². The van der Waals surface area contributed by atoms with Crippen molar-refractivity contribution in [2.24, 2.45) is 7.05 Å². The van der Waals surface area contributed by atoms with Crippen molar-refractivity contribution in [3.8, 4) is 28.5 Å². The molecule has 2 N–H and O–H groups in total. The summed E-state index contributed by atoms with van der Waals surface area (Å²) in [5, 5.41) is 5.91. The first kappa shape index (κ1) is 23.7. The summed E-state index contributed by atoms with van der Waals surface area (Å²) < 4.78 is 7.74. The summed E-state index contributed by atoms with van der Waals surface area (Å²) in [6.07, 6.45) is 3.55. The molecule has 0 aliphatic rings. The molecule has 0 saturated carbocycles. The lowest BCUT2D eigenvalue weighted by Crippen LogP contribution is -2.15. The first-order valence-corrected chi connectivity index (χ1v) is 11.9. The summed E-state index contributed by atoms with van der Waals surface area (Å²) >= 11 is 6.58. The molecule has 4 aromatic heterocycles. The highest BCUT2D eigenvalue weighted by atomic mass is 35.5. The molecule has 8 nitrogen and oxygen atoms in total. The molecule has 5 aromatic rings. The Morgan fingerprint density at radius 2 is 1.83 bits per heavy atom. The number of pyridine rings is 2. The molecule has 0 fully saturated rings. The molecule has 0 unspecified atom stereocenters. The van der Waals surface area contributed by atoms with Gasteiger partial charge in [-0.15, -0.1) is 0 Å². The first-order valence-electron chi connectivity index (χ1n) is 11.5. The number of benzene rings is 1. The average molecular weight is 500 g/mol. The first-order chi connectivity index (χ1) is 17.2. The van der Waals surface area contributed by atoms with Gasteiger partial charge in [0.1, 0.15) is 23.7 Å². The zero-order valence-electron chi connectivity index (χ0n) is 20.5. The number of aromatic nitrogens is 6. The molecule has 9 heteroatoms. The van der Waals surface area contributed by atoms with E-state index in [0.717, 1.165) is 22.3 Å². The minimum absolute atomic E-state index is 0.0729. The van der Waals surface area contributed by atoms with Crippen molar-refractivity contribution >= 4 is 28.3 Å². The Labute approximate surface area is 214 Å². The van der Waals surface area contributed by atoms with Gasteiger partial charge in [-0.2, -0.15) is 5.10 Å². The zero-order chi connectivity index (χ0) is 25.4. The maximum Gasteiger partial charge on any atom is 0.258 e. The van der Waals surface area contributed by atoms with Gasteiger partial charge in [-0.05, 0) is 36.4 Å². The van der Waals surface area contributed by atoms with E-state index in [1.54, 1.807) is 10.9 Å². The highest BCUT2D eigenvalue weighted by Crippen LogP contribution is 2.36. The highest BCUT2D eigenvalue weighted by molar-refractivity contribution is 6.35. The van der Waals surface area contributed by atoms with E-state index in [0.29, 0.717) is 27.6 Å². The van der Waals surface area contributed by atoms with E-state index in [-0.39, 0.29) is 23.7 Å². The third kappa shape index (κ3) is 4.72. The molecule has 5 rings (SSSR count). The SMILES string of the molecule is Cn1ccc(-c2nc(N)c(OCc3cccc(C(C)(C)C)n3)nc2-c2cc(Cl)c3ncccc3c2)n1. The second-order valence-electron chi connectivity index (χ2n) is 9.57. The van der Waals surface area contributed by atoms with Crippen molar-refractivity contribution in [1.29, 1.82) is 0 Å². The van der Waals surface area contributed by atoms with Gasteiger partial charge in [0.25, 0.3) is 5.88 Å². The van der Waals surface area contributed by atoms with Crippen LogP contribution in [0.4, 0.5) is 5.82 Å². The van der Waals surface area contributed by atoms with E-state index in [4.69, 9.17) is 32.0 Å². The van der Waals surface area contributed by atoms with Gasteiger partial charge in [0.15, 0.2) is 5.82 Å². The lowest BCUT2D eigenvalue weighted by molar-refractivity contribution is 0.289. The minimum Gasteiger partial charge on any atom is -0.469 e. The summed E-state index contributed by atoms with van der Waals surface area (Å²) in [5.74, 6) is 0.384. The molecule has 4 heterocycles. The molecule has 36 heavy (non-hydrogen) atoms. The molecule has 0 bridgehead atoms. The summed E-state index contributed by atoms with van der Waals surface area (Å²) in [6, 6.07) is 15.4. The van der Waals surface area contributed by atoms with E-state index in [2.05, 4.69) is 35.8 Å². The molecular formula is C27H26ClN7O. The van der Waals surface area contributed by atoms with Crippen molar-refractivity contribution in [3.63, 3.8) is 0 Å². The van der Waals surface area contributed by atoms with Gasteiger partial charge in [0.05, 0.1) is 16.2 Å². The largest absolute Gasteiger partial charge is 0.469 e. The second kappa shape index (κ2) is 9.20.